The Hall–Kier alpha value is -2.21. The van der Waals surface area contributed by atoms with Gasteiger partial charge in [0.2, 0.25) is 11.3 Å². The number of likely N-dealkylation sites (tertiary alicyclic amines) is 1. The van der Waals surface area contributed by atoms with Gasteiger partial charge in [0.1, 0.15) is 6.54 Å². The molecule has 1 aromatic heterocycles. The number of hydrogen-bond donors (Lipinski definition) is 1. The molecule has 1 aliphatic heterocycles. The highest BCUT2D eigenvalue weighted by Crippen LogP contribution is 2.11. The molecule has 0 unspecified atom stereocenters. The molecule has 0 saturated carbocycles. The Morgan fingerprint density at radius 1 is 1.29 bits per heavy atom. The Morgan fingerprint density at radius 3 is 2.79 bits per heavy atom. The zero-order valence-corrected chi connectivity index (χ0v) is 14.1. The van der Waals surface area contributed by atoms with Gasteiger partial charge in [0.25, 0.3) is 0 Å². The first-order valence-corrected chi connectivity index (χ1v) is 8.64. The summed E-state index contributed by atoms with van der Waals surface area (Å²) in [6.45, 7) is 5.54. The third-order valence-electron chi connectivity index (χ3n) is 4.55. The van der Waals surface area contributed by atoms with Crippen LogP contribution in [-0.4, -0.2) is 46.3 Å². The second-order valence-electron chi connectivity index (χ2n) is 6.37. The summed E-state index contributed by atoms with van der Waals surface area (Å²) in [5.74, 6) is -0.0507. The summed E-state index contributed by atoms with van der Waals surface area (Å²) in [5.41, 5.74) is 0.573. The number of fused-ring (bicyclic) bond motifs is 1. The predicted octanol–water partition coefficient (Wildman–Crippen LogP) is 1.39. The second-order valence-corrected chi connectivity index (χ2v) is 6.37. The summed E-state index contributed by atoms with van der Waals surface area (Å²) >= 11 is 0. The fraction of sp³-hybridized carbons (Fsp3) is 0.500. The number of aromatic nitrogens is 2. The summed E-state index contributed by atoms with van der Waals surface area (Å²) < 4.78 is 1.60. The van der Waals surface area contributed by atoms with Gasteiger partial charge in [0.15, 0.2) is 0 Å². The Bertz CT molecular complexity index is 763. The number of para-hydroxylation sites is 1. The van der Waals surface area contributed by atoms with Gasteiger partial charge >= 0.3 is 0 Å². The van der Waals surface area contributed by atoms with Gasteiger partial charge in [-0.3, -0.25) is 14.3 Å². The molecule has 1 aromatic carbocycles. The number of nitrogens with zero attached hydrogens (tertiary/aromatic N) is 3. The van der Waals surface area contributed by atoms with Gasteiger partial charge in [-0.15, -0.1) is 0 Å². The van der Waals surface area contributed by atoms with E-state index in [0.717, 1.165) is 32.5 Å². The lowest BCUT2D eigenvalue weighted by Crippen LogP contribution is -2.45. The lowest BCUT2D eigenvalue weighted by atomic mass is 10.0. The Kier molecular flexibility index (Phi) is 5.25. The number of rotatable bonds is 5. The molecule has 0 spiro atoms. The molecule has 2 aromatic rings. The van der Waals surface area contributed by atoms with E-state index in [9.17, 15) is 9.59 Å². The highest BCUT2D eigenvalue weighted by molar-refractivity contribution is 5.81. The number of carbonyl (C=O) groups is 1. The van der Waals surface area contributed by atoms with Crippen LogP contribution >= 0.6 is 0 Å². The molecule has 1 fully saturated rings. The maximum absolute atomic E-state index is 12.4. The molecular formula is C18H24N4O2. The van der Waals surface area contributed by atoms with Gasteiger partial charge in [0, 0.05) is 24.5 Å². The van der Waals surface area contributed by atoms with Crippen molar-refractivity contribution in [1.29, 1.82) is 0 Å². The molecule has 0 bridgehead atoms. The SMILES string of the molecule is CCCN1CCC(NC(=O)Cn2ncc(=O)c3ccccc32)CC1. The van der Waals surface area contributed by atoms with E-state index in [1.54, 1.807) is 10.7 Å². The monoisotopic (exact) mass is 328 g/mol. The van der Waals surface area contributed by atoms with Gasteiger partial charge in [-0.2, -0.15) is 5.10 Å². The molecule has 6 heteroatoms. The lowest BCUT2D eigenvalue weighted by Gasteiger charge is -2.32. The standard InChI is InChI=1S/C18H24N4O2/c1-2-9-21-10-7-14(8-11-21)20-18(24)13-22-16-6-4-3-5-15(16)17(23)12-19-22/h3-6,12,14H,2,7-11,13H2,1H3,(H,20,24). The van der Waals surface area contributed by atoms with Crippen molar-refractivity contribution in [3.8, 4) is 0 Å². The van der Waals surface area contributed by atoms with Gasteiger partial charge in [-0.05, 0) is 37.9 Å². The Morgan fingerprint density at radius 2 is 2.04 bits per heavy atom. The van der Waals surface area contributed by atoms with Crippen LogP contribution in [0.1, 0.15) is 26.2 Å². The molecule has 1 amide bonds. The van der Waals surface area contributed by atoms with Crippen molar-refractivity contribution in [2.45, 2.75) is 38.8 Å². The van der Waals surface area contributed by atoms with E-state index in [4.69, 9.17) is 0 Å². The van der Waals surface area contributed by atoms with Crippen LogP contribution in [0.25, 0.3) is 10.9 Å². The van der Waals surface area contributed by atoms with Crippen molar-refractivity contribution in [1.82, 2.24) is 20.0 Å². The Balaban J connectivity index is 1.62. The van der Waals surface area contributed by atoms with Crippen molar-refractivity contribution in [2.24, 2.45) is 0 Å². The minimum absolute atomic E-state index is 0.0507. The number of nitrogens with one attached hydrogen (secondary N) is 1. The second kappa shape index (κ2) is 7.57. The van der Waals surface area contributed by atoms with Gasteiger partial charge < -0.3 is 10.2 Å². The van der Waals surface area contributed by atoms with Crippen molar-refractivity contribution < 1.29 is 4.79 Å². The van der Waals surface area contributed by atoms with Crippen LogP contribution in [-0.2, 0) is 11.3 Å². The molecule has 24 heavy (non-hydrogen) atoms. The molecule has 0 aliphatic carbocycles. The molecule has 1 aliphatic rings. The molecule has 2 heterocycles. The fourth-order valence-corrected chi connectivity index (χ4v) is 3.31. The van der Waals surface area contributed by atoms with E-state index in [2.05, 4.69) is 22.2 Å². The fourth-order valence-electron chi connectivity index (χ4n) is 3.31. The summed E-state index contributed by atoms with van der Waals surface area (Å²) in [6.07, 6.45) is 4.43. The van der Waals surface area contributed by atoms with Crippen LogP contribution in [0.4, 0.5) is 0 Å². The van der Waals surface area contributed by atoms with E-state index in [1.165, 1.54) is 12.6 Å². The summed E-state index contributed by atoms with van der Waals surface area (Å²) in [5, 5.41) is 7.81. The van der Waals surface area contributed by atoms with Crippen molar-refractivity contribution in [2.75, 3.05) is 19.6 Å². The zero-order chi connectivity index (χ0) is 16.9. The van der Waals surface area contributed by atoms with Crippen LogP contribution in [0.2, 0.25) is 0 Å². The van der Waals surface area contributed by atoms with Crippen LogP contribution in [0.5, 0.6) is 0 Å². The van der Waals surface area contributed by atoms with Crippen LogP contribution in [0.3, 0.4) is 0 Å². The van der Waals surface area contributed by atoms with E-state index >= 15 is 0 Å². The average Bonchev–Trinajstić information content (AvgIpc) is 2.60. The number of amides is 1. The molecule has 128 valence electrons. The first-order valence-electron chi connectivity index (χ1n) is 8.64. The van der Waals surface area contributed by atoms with Gasteiger partial charge in [-0.1, -0.05) is 19.1 Å². The quantitative estimate of drug-likeness (QED) is 0.901. The topological polar surface area (TPSA) is 67.2 Å². The summed E-state index contributed by atoms with van der Waals surface area (Å²) in [7, 11) is 0. The van der Waals surface area contributed by atoms with Crippen LogP contribution < -0.4 is 10.7 Å². The predicted molar refractivity (Wildman–Crippen MR) is 93.9 cm³/mol. The van der Waals surface area contributed by atoms with E-state index in [0.29, 0.717) is 10.9 Å². The van der Waals surface area contributed by atoms with Gasteiger partial charge in [-0.25, -0.2) is 0 Å². The zero-order valence-electron chi connectivity index (χ0n) is 14.1. The number of benzene rings is 1. The molecule has 0 radical (unpaired) electrons. The third kappa shape index (κ3) is 3.82. The average molecular weight is 328 g/mol. The summed E-state index contributed by atoms with van der Waals surface area (Å²) in [4.78, 5) is 26.6. The van der Waals surface area contributed by atoms with Crippen molar-refractivity contribution >= 4 is 16.8 Å². The van der Waals surface area contributed by atoms with Gasteiger partial charge in [0.05, 0.1) is 11.7 Å². The number of piperidine rings is 1. The third-order valence-corrected chi connectivity index (χ3v) is 4.55. The molecule has 0 atom stereocenters. The highest BCUT2D eigenvalue weighted by Gasteiger charge is 2.20. The maximum Gasteiger partial charge on any atom is 0.241 e. The van der Waals surface area contributed by atoms with Crippen molar-refractivity contribution in [3.63, 3.8) is 0 Å². The van der Waals surface area contributed by atoms with Crippen LogP contribution in [0.15, 0.2) is 35.3 Å². The minimum Gasteiger partial charge on any atom is -0.352 e. The lowest BCUT2D eigenvalue weighted by molar-refractivity contribution is -0.122. The van der Waals surface area contributed by atoms with E-state index in [1.807, 2.05) is 18.2 Å². The Labute approximate surface area is 141 Å². The van der Waals surface area contributed by atoms with E-state index in [-0.39, 0.29) is 23.9 Å². The normalized spacial score (nSPS) is 16.4. The number of hydrogen-bond acceptors (Lipinski definition) is 4. The van der Waals surface area contributed by atoms with Crippen LogP contribution in [0, 0.1) is 0 Å². The molecule has 3 rings (SSSR count). The van der Waals surface area contributed by atoms with E-state index < -0.39 is 0 Å². The highest BCUT2D eigenvalue weighted by atomic mass is 16.2. The molecule has 1 N–H and O–H groups in total. The molecule has 1 saturated heterocycles. The maximum atomic E-state index is 12.4. The number of carbonyl (C=O) groups excluding carboxylic acids is 1. The minimum atomic E-state index is -0.120. The van der Waals surface area contributed by atoms with Crippen molar-refractivity contribution in [3.05, 3.63) is 40.7 Å². The summed E-state index contributed by atoms with van der Waals surface area (Å²) in [6, 6.07) is 7.48. The molecular weight excluding hydrogens is 304 g/mol. The molecule has 6 nitrogen and oxygen atoms in total. The largest absolute Gasteiger partial charge is 0.352 e. The first kappa shape index (κ1) is 16.6. The smallest absolute Gasteiger partial charge is 0.241 e. The first-order chi connectivity index (χ1) is 11.7.